The molecule has 3 heteroatoms. The van der Waals surface area contributed by atoms with Crippen molar-refractivity contribution in [3.8, 4) is 5.75 Å². The van der Waals surface area contributed by atoms with E-state index < -0.39 is 0 Å². The van der Waals surface area contributed by atoms with Crippen LogP contribution in [-0.2, 0) is 6.42 Å². The van der Waals surface area contributed by atoms with Crippen LogP contribution in [-0.4, -0.2) is 12.2 Å². The molecule has 0 aliphatic carbocycles. The predicted molar refractivity (Wildman–Crippen MR) is 63.1 cm³/mol. The molecule has 0 fully saturated rings. The lowest BCUT2D eigenvalue weighted by atomic mass is 9.97. The van der Waals surface area contributed by atoms with Crippen molar-refractivity contribution in [2.24, 2.45) is 0 Å². The zero-order chi connectivity index (χ0) is 12.3. The van der Waals surface area contributed by atoms with Crippen molar-refractivity contribution >= 4 is 5.57 Å². The van der Waals surface area contributed by atoms with Crippen LogP contribution in [0.25, 0.3) is 5.57 Å². The summed E-state index contributed by atoms with van der Waals surface area (Å²) in [4.78, 5) is 0. The Morgan fingerprint density at radius 3 is 2.50 bits per heavy atom. The molecule has 1 aromatic carbocycles. The second-order valence-electron chi connectivity index (χ2n) is 3.63. The van der Waals surface area contributed by atoms with Crippen molar-refractivity contribution in [2.45, 2.75) is 13.3 Å². The van der Waals surface area contributed by atoms with Gasteiger partial charge in [0.25, 0.3) is 0 Å². The molecule has 0 spiro atoms. The molecule has 0 bridgehead atoms. The molecular weight excluding hydrogens is 207 g/mol. The fraction of sp³-hybridized carbons (Fsp3) is 0.231. The van der Waals surface area contributed by atoms with Gasteiger partial charge in [0.1, 0.15) is 11.6 Å². The van der Waals surface area contributed by atoms with Crippen LogP contribution in [0.2, 0.25) is 0 Å². The Labute approximate surface area is 94.7 Å². The summed E-state index contributed by atoms with van der Waals surface area (Å²) < 4.78 is 18.8. The lowest BCUT2D eigenvalue weighted by molar-refractivity contribution is 0.386. The molecule has 0 saturated heterocycles. The molecule has 0 aromatic heterocycles. The van der Waals surface area contributed by atoms with Crippen LogP contribution in [0.3, 0.4) is 0 Å². The third kappa shape index (κ3) is 2.42. The molecule has 86 valence electrons. The standard InChI is InChI=1S/C13H15FO2/c1-8(2)13-10(7-9(3)15)12(16-4)6-5-11(13)14/h5-6,15H,1,3,7H2,2,4H3. The number of halogens is 1. The van der Waals surface area contributed by atoms with Gasteiger partial charge in [-0.05, 0) is 24.6 Å². The van der Waals surface area contributed by atoms with Crippen molar-refractivity contribution in [1.29, 1.82) is 0 Å². The Hall–Kier alpha value is -1.77. The molecule has 0 radical (unpaired) electrons. The number of methoxy groups -OCH3 is 1. The summed E-state index contributed by atoms with van der Waals surface area (Å²) in [7, 11) is 1.50. The topological polar surface area (TPSA) is 29.5 Å². The Kier molecular flexibility index (Phi) is 3.72. The first kappa shape index (κ1) is 12.3. The summed E-state index contributed by atoms with van der Waals surface area (Å²) in [5.74, 6) is 0.116. The summed E-state index contributed by atoms with van der Waals surface area (Å²) >= 11 is 0. The van der Waals surface area contributed by atoms with Gasteiger partial charge in [-0.25, -0.2) is 4.39 Å². The van der Waals surface area contributed by atoms with Crippen molar-refractivity contribution < 1.29 is 14.2 Å². The van der Waals surface area contributed by atoms with E-state index >= 15 is 0 Å². The quantitative estimate of drug-likeness (QED) is 0.790. The van der Waals surface area contributed by atoms with Crippen LogP contribution in [0.4, 0.5) is 4.39 Å². The second-order valence-corrected chi connectivity index (χ2v) is 3.63. The molecule has 1 rings (SSSR count). The van der Waals surface area contributed by atoms with Crippen LogP contribution in [0.5, 0.6) is 5.75 Å². The van der Waals surface area contributed by atoms with E-state index in [2.05, 4.69) is 13.2 Å². The molecule has 0 aliphatic heterocycles. The molecule has 1 N–H and O–H groups in total. The average Bonchev–Trinajstić information content (AvgIpc) is 2.16. The van der Waals surface area contributed by atoms with Crippen molar-refractivity contribution in [3.63, 3.8) is 0 Å². The first-order valence-electron chi connectivity index (χ1n) is 4.85. The van der Waals surface area contributed by atoms with E-state index in [9.17, 15) is 9.50 Å². The summed E-state index contributed by atoms with van der Waals surface area (Å²) in [5.41, 5.74) is 1.55. The molecule has 0 heterocycles. The molecule has 0 saturated carbocycles. The number of rotatable bonds is 4. The van der Waals surface area contributed by atoms with Crippen molar-refractivity contribution in [1.82, 2.24) is 0 Å². The van der Waals surface area contributed by atoms with Crippen LogP contribution in [0.1, 0.15) is 18.1 Å². The highest BCUT2D eigenvalue weighted by molar-refractivity contribution is 5.68. The third-order valence-corrected chi connectivity index (χ3v) is 2.25. The highest BCUT2D eigenvalue weighted by Gasteiger charge is 2.15. The first-order valence-corrected chi connectivity index (χ1v) is 4.85. The molecule has 0 aliphatic rings. The number of allylic oxidation sites excluding steroid dienone is 2. The summed E-state index contributed by atoms with van der Waals surface area (Å²) in [6.45, 7) is 8.84. The van der Waals surface area contributed by atoms with Crippen molar-refractivity contribution in [3.05, 3.63) is 48.0 Å². The Morgan fingerprint density at radius 1 is 1.44 bits per heavy atom. The van der Waals surface area contributed by atoms with Gasteiger partial charge in [0, 0.05) is 17.5 Å². The third-order valence-electron chi connectivity index (χ3n) is 2.25. The molecule has 0 amide bonds. The largest absolute Gasteiger partial charge is 0.513 e. The maximum absolute atomic E-state index is 13.6. The number of benzene rings is 1. The van der Waals surface area contributed by atoms with Gasteiger partial charge in [-0.1, -0.05) is 13.2 Å². The van der Waals surface area contributed by atoms with E-state index in [1.54, 1.807) is 6.92 Å². The van der Waals surface area contributed by atoms with Gasteiger partial charge in [-0.2, -0.15) is 0 Å². The molecule has 16 heavy (non-hydrogen) atoms. The smallest absolute Gasteiger partial charge is 0.131 e. The summed E-state index contributed by atoms with van der Waals surface area (Å²) in [5, 5.41) is 9.22. The Morgan fingerprint density at radius 2 is 2.06 bits per heavy atom. The van der Waals surface area contributed by atoms with Gasteiger partial charge in [0.05, 0.1) is 12.9 Å². The predicted octanol–water partition coefficient (Wildman–Crippen LogP) is 3.48. The van der Waals surface area contributed by atoms with Gasteiger partial charge < -0.3 is 9.84 Å². The summed E-state index contributed by atoms with van der Waals surface area (Å²) in [6, 6.07) is 2.85. The van der Waals surface area contributed by atoms with E-state index in [0.29, 0.717) is 22.4 Å². The molecular formula is C13H15FO2. The fourth-order valence-electron chi connectivity index (χ4n) is 1.63. The SMILES string of the molecule is C=C(O)Cc1c(OC)ccc(F)c1C(=C)C. The molecule has 1 aromatic rings. The summed E-state index contributed by atoms with van der Waals surface area (Å²) in [6.07, 6.45) is 0.156. The van der Waals surface area contributed by atoms with Crippen molar-refractivity contribution in [2.75, 3.05) is 7.11 Å². The number of aliphatic hydroxyl groups excluding tert-OH is 1. The minimum absolute atomic E-state index is 0.0357. The Bertz CT molecular complexity index is 436. The van der Waals surface area contributed by atoms with Gasteiger partial charge in [-0.15, -0.1) is 0 Å². The minimum atomic E-state index is -0.371. The molecule has 0 unspecified atom stereocenters. The lowest BCUT2D eigenvalue weighted by Gasteiger charge is -2.14. The van der Waals surface area contributed by atoms with E-state index in [0.717, 1.165) is 0 Å². The van der Waals surface area contributed by atoms with E-state index in [1.165, 1.54) is 19.2 Å². The highest BCUT2D eigenvalue weighted by Crippen LogP contribution is 2.30. The van der Waals surface area contributed by atoms with Crippen LogP contribution in [0, 0.1) is 5.82 Å². The van der Waals surface area contributed by atoms with Gasteiger partial charge in [0.15, 0.2) is 0 Å². The van der Waals surface area contributed by atoms with E-state index in [1.807, 2.05) is 0 Å². The maximum atomic E-state index is 13.6. The zero-order valence-corrected chi connectivity index (χ0v) is 9.51. The minimum Gasteiger partial charge on any atom is -0.513 e. The first-order chi connectivity index (χ1) is 7.47. The highest BCUT2D eigenvalue weighted by atomic mass is 19.1. The number of hydrogen-bond acceptors (Lipinski definition) is 2. The van der Waals surface area contributed by atoms with E-state index in [4.69, 9.17) is 4.74 Å². The number of hydrogen-bond donors (Lipinski definition) is 1. The van der Waals surface area contributed by atoms with Crippen LogP contribution < -0.4 is 4.74 Å². The monoisotopic (exact) mass is 222 g/mol. The second kappa shape index (κ2) is 4.84. The Balaban J connectivity index is 3.42. The van der Waals surface area contributed by atoms with Gasteiger partial charge >= 0.3 is 0 Å². The molecule has 2 nitrogen and oxygen atoms in total. The average molecular weight is 222 g/mol. The maximum Gasteiger partial charge on any atom is 0.131 e. The normalized spacial score (nSPS) is 9.94. The lowest BCUT2D eigenvalue weighted by Crippen LogP contribution is -2.01. The van der Waals surface area contributed by atoms with Gasteiger partial charge in [0.2, 0.25) is 0 Å². The van der Waals surface area contributed by atoms with Crippen LogP contribution in [0.15, 0.2) is 31.0 Å². The van der Waals surface area contributed by atoms with Crippen LogP contribution >= 0.6 is 0 Å². The van der Waals surface area contributed by atoms with Gasteiger partial charge in [-0.3, -0.25) is 0 Å². The fourth-order valence-corrected chi connectivity index (χ4v) is 1.63. The number of aliphatic hydroxyl groups is 1. The molecule has 0 atom stereocenters. The van der Waals surface area contributed by atoms with E-state index in [-0.39, 0.29) is 18.0 Å². The zero-order valence-electron chi connectivity index (χ0n) is 9.51. The number of ether oxygens (including phenoxy) is 1.